The highest BCUT2D eigenvalue weighted by molar-refractivity contribution is 9.10. The SMILES string of the molecule is COc1ccc(SNc2ccc(Br)cc2C(=O)O)cc1[N+](=O)[O-]. The van der Waals surface area contributed by atoms with Crippen molar-refractivity contribution in [2.24, 2.45) is 0 Å². The molecule has 0 unspecified atom stereocenters. The number of anilines is 1. The van der Waals surface area contributed by atoms with Crippen molar-refractivity contribution in [3.05, 3.63) is 56.5 Å². The molecular weight excluding hydrogens is 388 g/mol. The number of nitro benzene ring substituents is 1. The van der Waals surface area contributed by atoms with Gasteiger partial charge >= 0.3 is 11.7 Å². The van der Waals surface area contributed by atoms with Gasteiger partial charge in [-0.3, -0.25) is 10.1 Å². The van der Waals surface area contributed by atoms with Crippen LogP contribution in [0.25, 0.3) is 0 Å². The number of hydrogen-bond acceptors (Lipinski definition) is 6. The van der Waals surface area contributed by atoms with E-state index in [0.717, 1.165) is 11.9 Å². The minimum Gasteiger partial charge on any atom is -0.490 e. The van der Waals surface area contributed by atoms with Crippen LogP contribution in [0.1, 0.15) is 10.4 Å². The smallest absolute Gasteiger partial charge is 0.337 e. The molecule has 2 rings (SSSR count). The van der Waals surface area contributed by atoms with Crippen LogP contribution in [0.5, 0.6) is 5.75 Å². The van der Waals surface area contributed by atoms with Gasteiger partial charge in [-0.1, -0.05) is 15.9 Å². The molecule has 0 radical (unpaired) electrons. The van der Waals surface area contributed by atoms with Crippen molar-refractivity contribution >= 4 is 45.2 Å². The third-order valence-corrected chi connectivity index (χ3v) is 4.14. The maximum absolute atomic E-state index is 11.2. The third-order valence-electron chi connectivity index (χ3n) is 2.84. The Hall–Kier alpha value is -2.26. The highest BCUT2D eigenvalue weighted by atomic mass is 79.9. The molecule has 0 fully saturated rings. The minimum atomic E-state index is -1.07. The second-order valence-electron chi connectivity index (χ2n) is 4.29. The second-order valence-corrected chi connectivity index (χ2v) is 6.09. The monoisotopic (exact) mass is 398 g/mol. The lowest BCUT2D eigenvalue weighted by atomic mass is 10.2. The predicted molar refractivity (Wildman–Crippen MR) is 90.2 cm³/mol. The molecule has 0 saturated carbocycles. The number of hydrogen-bond donors (Lipinski definition) is 2. The van der Waals surface area contributed by atoms with E-state index in [0.29, 0.717) is 15.1 Å². The standard InChI is InChI=1S/C14H11BrN2O5S/c1-22-13-5-3-9(7-12(13)17(20)21)23-16-11-4-2-8(15)6-10(11)14(18)19/h2-7,16H,1H3,(H,18,19). The number of carboxylic acid groups (broad SMARTS) is 1. The molecule has 2 aromatic rings. The summed E-state index contributed by atoms with van der Waals surface area (Å²) in [6, 6.07) is 9.27. The number of ether oxygens (including phenoxy) is 1. The molecule has 0 bridgehead atoms. The maximum atomic E-state index is 11.2. The lowest BCUT2D eigenvalue weighted by molar-refractivity contribution is -0.386. The van der Waals surface area contributed by atoms with Gasteiger partial charge in [0.15, 0.2) is 5.75 Å². The summed E-state index contributed by atoms with van der Waals surface area (Å²) in [5.41, 5.74) is 0.327. The van der Waals surface area contributed by atoms with Crippen LogP contribution >= 0.6 is 27.9 Å². The van der Waals surface area contributed by atoms with Crippen molar-refractivity contribution in [3.63, 3.8) is 0 Å². The van der Waals surface area contributed by atoms with E-state index in [4.69, 9.17) is 4.74 Å². The van der Waals surface area contributed by atoms with Gasteiger partial charge in [-0.2, -0.15) is 0 Å². The van der Waals surface area contributed by atoms with Gasteiger partial charge in [0.05, 0.1) is 23.3 Å². The summed E-state index contributed by atoms with van der Waals surface area (Å²) >= 11 is 4.29. The average Bonchev–Trinajstić information content (AvgIpc) is 2.53. The summed E-state index contributed by atoms with van der Waals surface area (Å²) in [5, 5.41) is 20.2. The summed E-state index contributed by atoms with van der Waals surface area (Å²) in [6.45, 7) is 0. The number of nitrogens with zero attached hydrogens (tertiary/aromatic N) is 1. The number of nitrogens with one attached hydrogen (secondary N) is 1. The summed E-state index contributed by atoms with van der Waals surface area (Å²) in [5.74, 6) is -0.913. The molecule has 7 nitrogen and oxygen atoms in total. The van der Waals surface area contributed by atoms with Gasteiger partial charge in [-0.25, -0.2) is 4.79 Å². The molecule has 0 aliphatic carbocycles. The van der Waals surface area contributed by atoms with Crippen LogP contribution in [0, 0.1) is 10.1 Å². The Morgan fingerprint density at radius 2 is 2.09 bits per heavy atom. The highest BCUT2D eigenvalue weighted by Gasteiger charge is 2.16. The van der Waals surface area contributed by atoms with E-state index in [-0.39, 0.29) is 17.0 Å². The fraction of sp³-hybridized carbons (Fsp3) is 0.0714. The first-order valence-corrected chi connectivity index (χ1v) is 7.81. The number of carbonyl (C=O) groups is 1. The summed E-state index contributed by atoms with van der Waals surface area (Å²) < 4.78 is 8.47. The van der Waals surface area contributed by atoms with E-state index in [1.54, 1.807) is 18.2 Å². The topological polar surface area (TPSA) is 102 Å². The summed E-state index contributed by atoms with van der Waals surface area (Å²) in [7, 11) is 1.36. The molecule has 0 aromatic heterocycles. The molecule has 0 amide bonds. The third kappa shape index (κ3) is 4.14. The molecular formula is C14H11BrN2O5S. The van der Waals surface area contributed by atoms with Crippen LogP contribution in [-0.4, -0.2) is 23.1 Å². The van der Waals surface area contributed by atoms with Gasteiger partial charge < -0.3 is 14.6 Å². The highest BCUT2D eigenvalue weighted by Crippen LogP contribution is 2.33. The molecule has 0 spiro atoms. The van der Waals surface area contributed by atoms with Crippen LogP contribution in [0.4, 0.5) is 11.4 Å². The van der Waals surface area contributed by atoms with Crippen molar-refractivity contribution in [1.82, 2.24) is 0 Å². The van der Waals surface area contributed by atoms with Gasteiger partial charge in [0.2, 0.25) is 0 Å². The number of halogens is 1. The van der Waals surface area contributed by atoms with Gasteiger partial charge in [0.1, 0.15) is 0 Å². The van der Waals surface area contributed by atoms with E-state index in [1.165, 1.54) is 25.3 Å². The van der Waals surface area contributed by atoms with Gasteiger partial charge in [-0.15, -0.1) is 0 Å². The molecule has 0 aliphatic heterocycles. The molecule has 2 aromatic carbocycles. The molecule has 2 N–H and O–H groups in total. The van der Waals surface area contributed by atoms with Crippen LogP contribution in [0.15, 0.2) is 45.8 Å². The van der Waals surface area contributed by atoms with E-state index < -0.39 is 10.9 Å². The van der Waals surface area contributed by atoms with E-state index in [1.807, 2.05) is 0 Å². The lowest BCUT2D eigenvalue weighted by Crippen LogP contribution is -2.01. The minimum absolute atomic E-state index is 0.0925. The second kappa shape index (κ2) is 7.34. The number of aromatic carboxylic acids is 1. The van der Waals surface area contributed by atoms with Gasteiger partial charge in [-0.05, 0) is 42.3 Å². The first kappa shape index (κ1) is 17.1. The zero-order valence-corrected chi connectivity index (χ0v) is 14.2. The number of nitro groups is 1. The van der Waals surface area contributed by atoms with Crippen LogP contribution in [0.3, 0.4) is 0 Å². The van der Waals surface area contributed by atoms with Gasteiger partial charge in [0.25, 0.3) is 0 Å². The molecule has 0 heterocycles. The largest absolute Gasteiger partial charge is 0.490 e. The Morgan fingerprint density at radius 1 is 1.35 bits per heavy atom. The number of methoxy groups -OCH3 is 1. The van der Waals surface area contributed by atoms with Crippen molar-refractivity contribution in [2.45, 2.75) is 4.90 Å². The van der Waals surface area contributed by atoms with Gasteiger partial charge in [0, 0.05) is 15.4 Å². The fourth-order valence-corrected chi connectivity index (χ4v) is 2.85. The van der Waals surface area contributed by atoms with Crippen molar-refractivity contribution < 1.29 is 19.6 Å². The van der Waals surface area contributed by atoms with Crippen molar-refractivity contribution in [3.8, 4) is 5.75 Å². The Kier molecular flexibility index (Phi) is 5.45. The molecule has 0 aliphatic rings. The summed E-state index contributed by atoms with van der Waals surface area (Å²) in [6.07, 6.45) is 0. The fourth-order valence-electron chi connectivity index (χ4n) is 1.77. The Bertz CT molecular complexity index is 769. The first-order chi connectivity index (χ1) is 10.9. The molecule has 9 heteroatoms. The number of benzene rings is 2. The molecule has 120 valence electrons. The molecule has 23 heavy (non-hydrogen) atoms. The zero-order valence-electron chi connectivity index (χ0n) is 11.8. The maximum Gasteiger partial charge on any atom is 0.337 e. The normalized spacial score (nSPS) is 10.2. The lowest BCUT2D eigenvalue weighted by Gasteiger charge is -2.10. The van der Waals surface area contributed by atoms with Crippen molar-refractivity contribution in [1.29, 1.82) is 0 Å². The van der Waals surface area contributed by atoms with Crippen LogP contribution < -0.4 is 9.46 Å². The predicted octanol–water partition coefficient (Wildman–Crippen LogP) is 4.18. The van der Waals surface area contributed by atoms with Crippen molar-refractivity contribution in [2.75, 3.05) is 11.8 Å². The first-order valence-electron chi connectivity index (χ1n) is 6.20. The van der Waals surface area contributed by atoms with Crippen LogP contribution in [0.2, 0.25) is 0 Å². The Morgan fingerprint density at radius 3 is 2.70 bits per heavy atom. The van der Waals surface area contributed by atoms with E-state index in [2.05, 4.69) is 20.7 Å². The Balaban J connectivity index is 2.23. The van der Waals surface area contributed by atoms with Crippen LogP contribution in [-0.2, 0) is 0 Å². The molecule has 0 atom stereocenters. The summed E-state index contributed by atoms with van der Waals surface area (Å²) in [4.78, 5) is 22.3. The molecule has 0 saturated heterocycles. The quantitative estimate of drug-likeness (QED) is 0.427. The average molecular weight is 399 g/mol. The number of carboxylic acids is 1. The zero-order chi connectivity index (χ0) is 17.0. The van der Waals surface area contributed by atoms with E-state index in [9.17, 15) is 20.0 Å². The Labute approximate surface area is 144 Å². The van der Waals surface area contributed by atoms with E-state index >= 15 is 0 Å². The number of rotatable bonds is 6.